The van der Waals surface area contributed by atoms with Crippen LogP contribution in [0.25, 0.3) is 0 Å². The Kier molecular flexibility index (Phi) is 5.28. The Labute approximate surface area is 100 Å². The summed E-state index contributed by atoms with van der Waals surface area (Å²) in [7, 11) is 0. The Morgan fingerprint density at radius 1 is 1.50 bits per heavy atom. The van der Waals surface area contributed by atoms with E-state index < -0.39 is 12.0 Å². The zero-order valence-electron chi connectivity index (χ0n) is 9.73. The van der Waals surface area contributed by atoms with Gasteiger partial charge < -0.3 is 10.4 Å². The van der Waals surface area contributed by atoms with Crippen LogP contribution in [0.5, 0.6) is 0 Å². The Bertz CT molecular complexity index is 270. The molecular formula is C11H19NO3S. The molecule has 1 saturated heterocycles. The van der Waals surface area contributed by atoms with Crippen molar-refractivity contribution >= 4 is 23.5 Å². The van der Waals surface area contributed by atoms with Crippen molar-refractivity contribution in [3.63, 3.8) is 0 Å². The van der Waals surface area contributed by atoms with Crippen LogP contribution in [0.3, 0.4) is 0 Å². The maximum Gasteiger partial charge on any atom is 0.233 e. The van der Waals surface area contributed by atoms with Crippen LogP contribution in [0.1, 0.15) is 26.2 Å². The Morgan fingerprint density at radius 2 is 2.19 bits per heavy atom. The fourth-order valence-corrected chi connectivity index (χ4v) is 2.52. The van der Waals surface area contributed by atoms with E-state index in [0.29, 0.717) is 0 Å². The molecule has 1 aliphatic rings. The quantitative estimate of drug-likeness (QED) is 0.531. The molecule has 1 heterocycles. The molecule has 0 aliphatic carbocycles. The van der Waals surface area contributed by atoms with Crippen molar-refractivity contribution < 1.29 is 14.7 Å². The summed E-state index contributed by atoms with van der Waals surface area (Å²) in [5.74, 6) is -0.343. The molecule has 3 atom stereocenters. The molecule has 1 rings (SSSR count). The highest BCUT2D eigenvalue weighted by Gasteiger charge is 2.43. The molecular weight excluding hydrogens is 226 g/mol. The van der Waals surface area contributed by atoms with Gasteiger partial charge in [-0.1, -0.05) is 6.42 Å². The molecule has 92 valence electrons. The van der Waals surface area contributed by atoms with E-state index in [0.717, 1.165) is 25.0 Å². The van der Waals surface area contributed by atoms with Gasteiger partial charge in [-0.25, -0.2) is 0 Å². The standard InChI is InChI=1S/C11H19NO3S/c1-7(13)9-10(14)8(12-11(9)15)5-3-4-6-16-2/h8-10,14H,3-6H2,1-2H3,(H,12,15). The predicted octanol–water partition coefficient (Wildman–Crippen LogP) is 0.584. The van der Waals surface area contributed by atoms with Crippen LogP contribution in [0.2, 0.25) is 0 Å². The van der Waals surface area contributed by atoms with Crippen molar-refractivity contribution in [3.05, 3.63) is 0 Å². The lowest BCUT2D eigenvalue weighted by Crippen LogP contribution is -2.32. The van der Waals surface area contributed by atoms with Crippen molar-refractivity contribution in [2.24, 2.45) is 5.92 Å². The topological polar surface area (TPSA) is 66.4 Å². The van der Waals surface area contributed by atoms with E-state index in [-0.39, 0.29) is 17.7 Å². The Morgan fingerprint density at radius 3 is 2.69 bits per heavy atom. The zero-order chi connectivity index (χ0) is 12.1. The first-order valence-electron chi connectivity index (χ1n) is 5.55. The molecule has 0 spiro atoms. The van der Waals surface area contributed by atoms with Gasteiger partial charge in [0.25, 0.3) is 0 Å². The van der Waals surface area contributed by atoms with Crippen molar-refractivity contribution in [1.82, 2.24) is 5.32 Å². The summed E-state index contributed by atoms with van der Waals surface area (Å²) < 4.78 is 0. The number of hydrogen-bond donors (Lipinski definition) is 2. The van der Waals surface area contributed by atoms with Gasteiger partial charge in [0, 0.05) is 0 Å². The smallest absolute Gasteiger partial charge is 0.233 e. The van der Waals surface area contributed by atoms with E-state index in [1.165, 1.54) is 6.92 Å². The highest BCUT2D eigenvalue weighted by molar-refractivity contribution is 7.98. The summed E-state index contributed by atoms with van der Waals surface area (Å²) in [5.41, 5.74) is 0. The van der Waals surface area contributed by atoms with Gasteiger partial charge >= 0.3 is 0 Å². The summed E-state index contributed by atoms with van der Waals surface area (Å²) >= 11 is 1.79. The average Bonchev–Trinajstić information content (AvgIpc) is 2.49. The third-order valence-electron chi connectivity index (χ3n) is 2.92. The van der Waals surface area contributed by atoms with Gasteiger partial charge in [0.1, 0.15) is 11.7 Å². The van der Waals surface area contributed by atoms with E-state index in [4.69, 9.17) is 0 Å². The average molecular weight is 245 g/mol. The molecule has 3 unspecified atom stereocenters. The highest BCUT2D eigenvalue weighted by Crippen LogP contribution is 2.21. The largest absolute Gasteiger partial charge is 0.390 e. The zero-order valence-corrected chi connectivity index (χ0v) is 10.5. The third-order valence-corrected chi connectivity index (χ3v) is 3.61. The van der Waals surface area contributed by atoms with E-state index >= 15 is 0 Å². The number of carbonyl (C=O) groups excluding carboxylic acids is 2. The second-order valence-electron chi connectivity index (χ2n) is 4.18. The fourth-order valence-electron chi connectivity index (χ4n) is 2.02. The van der Waals surface area contributed by atoms with Crippen molar-refractivity contribution in [2.75, 3.05) is 12.0 Å². The van der Waals surface area contributed by atoms with Crippen molar-refractivity contribution in [1.29, 1.82) is 0 Å². The summed E-state index contributed by atoms with van der Waals surface area (Å²) in [6, 6.07) is -0.247. The molecule has 0 saturated carbocycles. The number of aliphatic hydroxyl groups is 1. The number of aliphatic hydroxyl groups excluding tert-OH is 1. The lowest BCUT2D eigenvalue weighted by atomic mass is 9.95. The molecule has 4 nitrogen and oxygen atoms in total. The number of rotatable bonds is 6. The number of nitrogens with one attached hydrogen (secondary N) is 1. The molecule has 5 heteroatoms. The van der Waals surface area contributed by atoms with Gasteiger partial charge in [-0.05, 0) is 31.8 Å². The number of thioether (sulfide) groups is 1. The van der Waals surface area contributed by atoms with Crippen LogP contribution in [-0.4, -0.2) is 41.0 Å². The molecule has 0 aromatic heterocycles. The number of carbonyl (C=O) groups is 2. The first-order valence-corrected chi connectivity index (χ1v) is 6.95. The molecule has 1 amide bonds. The predicted molar refractivity (Wildman–Crippen MR) is 64.3 cm³/mol. The van der Waals surface area contributed by atoms with Gasteiger partial charge in [0.05, 0.1) is 12.1 Å². The molecule has 2 N–H and O–H groups in total. The minimum Gasteiger partial charge on any atom is -0.390 e. The summed E-state index contributed by atoms with van der Waals surface area (Å²) in [4.78, 5) is 22.6. The first kappa shape index (κ1) is 13.5. The summed E-state index contributed by atoms with van der Waals surface area (Å²) in [6.07, 6.45) is 3.99. The van der Waals surface area contributed by atoms with Gasteiger partial charge in [0.2, 0.25) is 5.91 Å². The van der Waals surface area contributed by atoms with Gasteiger partial charge in [0.15, 0.2) is 0 Å². The van der Waals surface area contributed by atoms with E-state index in [9.17, 15) is 14.7 Å². The molecule has 0 bridgehead atoms. The van der Waals surface area contributed by atoms with Gasteiger partial charge in [-0.2, -0.15) is 11.8 Å². The van der Waals surface area contributed by atoms with Crippen LogP contribution in [0.15, 0.2) is 0 Å². The maximum atomic E-state index is 11.4. The number of amides is 1. The fraction of sp³-hybridized carbons (Fsp3) is 0.818. The normalized spacial score (nSPS) is 29.2. The highest BCUT2D eigenvalue weighted by atomic mass is 32.2. The van der Waals surface area contributed by atoms with Crippen LogP contribution in [0, 0.1) is 5.92 Å². The van der Waals surface area contributed by atoms with Crippen LogP contribution in [-0.2, 0) is 9.59 Å². The lowest BCUT2D eigenvalue weighted by Gasteiger charge is -2.15. The van der Waals surface area contributed by atoms with E-state index in [1.807, 2.05) is 0 Å². The van der Waals surface area contributed by atoms with E-state index in [1.54, 1.807) is 11.8 Å². The van der Waals surface area contributed by atoms with Gasteiger partial charge in [-0.15, -0.1) is 0 Å². The Balaban J connectivity index is 2.40. The second-order valence-corrected chi connectivity index (χ2v) is 5.17. The molecule has 0 aromatic carbocycles. The number of unbranched alkanes of at least 4 members (excludes halogenated alkanes) is 1. The molecule has 1 aliphatic heterocycles. The van der Waals surface area contributed by atoms with Crippen molar-refractivity contribution in [2.45, 2.75) is 38.3 Å². The lowest BCUT2D eigenvalue weighted by molar-refractivity contribution is -0.132. The minimum atomic E-state index is -0.856. The van der Waals surface area contributed by atoms with E-state index in [2.05, 4.69) is 11.6 Å². The summed E-state index contributed by atoms with van der Waals surface area (Å²) in [5, 5.41) is 12.5. The Hall–Kier alpha value is -0.550. The van der Waals surface area contributed by atoms with Crippen LogP contribution < -0.4 is 5.32 Å². The molecule has 16 heavy (non-hydrogen) atoms. The molecule has 1 fully saturated rings. The SMILES string of the molecule is CSCCCCC1NC(=O)C(C(C)=O)C1O. The molecule has 0 radical (unpaired) electrons. The first-order chi connectivity index (χ1) is 7.57. The minimum absolute atomic E-state index is 0.247. The number of Topliss-reactive ketones (excluding diaryl/α,β-unsaturated/α-hetero) is 1. The van der Waals surface area contributed by atoms with Crippen LogP contribution in [0.4, 0.5) is 0 Å². The number of ketones is 1. The monoisotopic (exact) mass is 245 g/mol. The van der Waals surface area contributed by atoms with Crippen molar-refractivity contribution in [3.8, 4) is 0 Å². The number of hydrogen-bond acceptors (Lipinski definition) is 4. The summed E-state index contributed by atoms with van der Waals surface area (Å²) in [6.45, 7) is 1.35. The van der Waals surface area contributed by atoms with Crippen LogP contribution >= 0.6 is 11.8 Å². The third kappa shape index (κ3) is 3.22. The second kappa shape index (κ2) is 6.25. The molecule has 0 aromatic rings. The van der Waals surface area contributed by atoms with Gasteiger partial charge in [-0.3, -0.25) is 9.59 Å². The maximum absolute atomic E-state index is 11.4.